The quantitative estimate of drug-likeness (QED) is 0.528. The van der Waals surface area contributed by atoms with Crippen molar-refractivity contribution in [3.63, 3.8) is 0 Å². The first kappa shape index (κ1) is 19.3. The van der Waals surface area contributed by atoms with Gasteiger partial charge in [-0.1, -0.05) is 40.9 Å². The van der Waals surface area contributed by atoms with Crippen molar-refractivity contribution in [2.24, 2.45) is 0 Å². The summed E-state index contributed by atoms with van der Waals surface area (Å²) in [6.45, 7) is -0.118. The molecule has 0 saturated carbocycles. The zero-order valence-corrected chi connectivity index (χ0v) is 17.4. The van der Waals surface area contributed by atoms with E-state index >= 15 is 0 Å². The number of nitrogens with one attached hydrogen (secondary N) is 1. The molecule has 1 aromatic heterocycles. The van der Waals surface area contributed by atoms with Crippen molar-refractivity contribution in [3.05, 3.63) is 85.0 Å². The van der Waals surface area contributed by atoms with Gasteiger partial charge in [0.15, 0.2) is 0 Å². The summed E-state index contributed by atoms with van der Waals surface area (Å²) in [6, 6.07) is 13.3. The Morgan fingerprint density at radius 2 is 1.82 bits per heavy atom. The molecule has 2 aromatic carbocycles. The van der Waals surface area contributed by atoms with Crippen molar-refractivity contribution < 1.29 is 9.59 Å². The fraction of sp³-hybridized carbons (Fsp3) is 0.100. The average Bonchev–Trinajstić information content (AvgIpc) is 3.12. The molecule has 4 rings (SSSR count). The van der Waals surface area contributed by atoms with E-state index in [1.807, 2.05) is 17.5 Å². The summed E-state index contributed by atoms with van der Waals surface area (Å²) < 4.78 is 0. The van der Waals surface area contributed by atoms with Crippen LogP contribution in [0.4, 0.5) is 5.69 Å². The second kappa shape index (κ2) is 7.76. The maximum Gasteiger partial charge on any atom is 0.256 e. The molecule has 4 nitrogen and oxygen atoms in total. The molecule has 28 heavy (non-hydrogen) atoms. The molecule has 0 spiro atoms. The van der Waals surface area contributed by atoms with Crippen LogP contribution in [0.3, 0.4) is 0 Å². The monoisotopic (exact) mass is 450 g/mol. The highest BCUT2D eigenvalue weighted by atomic mass is 35.5. The number of rotatable bonds is 2. The Hall–Kier alpha value is -2.05. The molecule has 0 aliphatic carbocycles. The van der Waals surface area contributed by atoms with Crippen LogP contribution in [0.5, 0.6) is 0 Å². The van der Waals surface area contributed by atoms with Gasteiger partial charge in [0.2, 0.25) is 5.91 Å². The topological polar surface area (TPSA) is 49.4 Å². The maximum atomic E-state index is 13.4. The van der Waals surface area contributed by atoms with E-state index in [9.17, 15) is 9.59 Å². The Bertz CT molecular complexity index is 1070. The standard InChI is InChI=1S/C20H13Cl3N2O2S/c21-11-4-6-16-14(8-11)19(17-2-1-7-28-17)25(10-18(26)24-16)20(27)13-5-3-12(22)9-15(13)23/h1-9,19H,10H2,(H,24,26). The number of nitrogens with zero attached hydrogens (tertiary/aromatic N) is 1. The van der Waals surface area contributed by atoms with Crippen molar-refractivity contribution >= 4 is 63.6 Å². The number of halogens is 3. The molecule has 1 unspecified atom stereocenters. The first-order chi connectivity index (χ1) is 13.4. The lowest BCUT2D eigenvalue weighted by molar-refractivity contribution is -0.117. The first-order valence-electron chi connectivity index (χ1n) is 8.33. The number of carbonyl (C=O) groups is 2. The van der Waals surface area contributed by atoms with Gasteiger partial charge in [0.25, 0.3) is 5.91 Å². The van der Waals surface area contributed by atoms with Crippen LogP contribution >= 0.6 is 46.1 Å². The van der Waals surface area contributed by atoms with Gasteiger partial charge >= 0.3 is 0 Å². The minimum Gasteiger partial charge on any atom is -0.324 e. The molecule has 1 aliphatic rings. The van der Waals surface area contributed by atoms with E-state index in [-0.39, 0.29) is 28.9 Å². The lowest BCUT2D eigenvalue weighted by Gasteiger charge is -2.30. The van der Waals surface area contributed by atoms with Crippen molar-refractivity contribution in [2.75, 3.05) is 11.9 Å². The highest BCUT2D eigenvalue weighted by molar-refractivity contribution is 7.10. The van der Waals surface area contributed by atoms with Crippen LogP contribution in [0.15, 0.2) is 53.9 Å². The summed E-state index contributed by atoms with van der Waals surface area (Å²) in [6.07, 6.45) is 0. The van der Waals surface area contributed by atoms with Crippen LogP contribution in [0, 0.1) is 0 Å². The summed E-state index contributed by atoms with van der Waals surface area (Å²) >= 11 is 20.0. The second-order valence-electron chi connectivity index (χ2n) is 6.25. The molecular formula is C20H13Cl3N2O2S. The summed E-state index contributed by atoms with van der Waals surface area (Å²) in [5.41, 5.74) is 1.66. The molecular weight excluding hydrogens is 439 g/mol. The molecule has 2 heterocycles. The predicted octanol–water partition coefficient (Wildman–Crippen LogP) is 5.89. The molecule has 3 aromatic rings. The van der Waals surface area contributed by atoms with E-state index in [0.29, 0.717) is 15.7 Å². The zero-order chi connectivity index (χ0) is 19.8. The van der Waals surface area contributed by atoms with Crippen molar-refractivity contribution in [1.29, 1.82) is 0 Å². The van der Waals surface area contributed by atoms with Crippen LogP contribution in [-0.2, 0) is 4.79 Å². The van der Waals surface area contributed by atoms with Gasteiger partial charge in [0, 0.05) is 26.2 Å². The molecule has 0 fully saturated rings. The summed E-state index contributed by atoms with van der Waals surface area (Å²) in [4.78, 5) is 28.4. The number of amides is 2. The van der Waals surface area contributed by atoms with E-state index < -0.39 is 6.04 Å². The Morgan fingerprint density at radius 1 is 1.07 bits per heavy atom. The van der Waals surface area contributed by atoms with Gasteiger partial charge in [-0.3, -0.25) is 9.59 Å². The fourth-order valence-electron chi connectivity index (χ4n) is 3.24. The molecule has 0 radical (unpaired) electrons. The van der Waals surface area contributed by atoms with Crippen LogP contribution in [0.1, 0.15) is 26.8 Å². The van der Waals surface area contributed by atoms with Crippen molar-refractivity contribution in [3.8, 4) is 0 Å². The summed E-state index contributed by atoms with van der Waals surface area (Å²) in [7, 11) is 0. The molecule has 2 amide bonds. The smallest absolute Gasteiger partial charge is 0.256 e. The number of fused-ring (bicyclic) bond motifs is 1. The largest absolute Gasteiger partial charge is 0.324 e. The molecule has 0 saturated heterocycles. The van der Waals surface area contributed by atoms with Gasteiger partial charge in [-0.2, -0.15) is 0 Å². The number of hydrogen-bond acceptors (Lipinski definition) is 3. The minimum absolute atomic E-state index is 0.118. The lowest BCUT2D eigenvalue weighted by Crippen LogP contribution is -2.38. The first-order valence-corrected chi connectivity index (χ1v) is 10.3. The third kappa shape index (κ3) is 3.63. The predicted molar refractivity (Wildman–Crippen MR) is 114 cm³/mol. The van der Waals surface area contributed by atoms with Crippen molar-refractivity contribution in [2.45, 2.75) is 6.04 Å². The van der Waals surface area contributed by atoms with Crippen LogP contribution in [0.25, 0.3) is 0 Å². The molecule has 1 atom stereocenters. The van der Waals surface area contributed by atoms with E-state index in [1.54, 1.807) is 30.3 Å². The number of benzene rings is 2. The van der Waals surface area contributed by atoms with Crippen LogP contribution in [0.2, 0.25) is 15.1 Å². The Balaban J connectivity index is 1.88. The van der Waals surface area contributed by atoms with Gasteiger partial charge in [-0.25, -0.2) is 0 Å². The minimum atomic E-state index is -0.480. The van der Waals surface area contributed by atoms with E-state index in [4.69, 9.17) is 34.8 Å². The van der Waals surface area contributed by atoms with Crippen LogP contribution in [-0.4, -0.2) is 23.3 Å². The van der Waals surface area contributed by atoms with Gasteiger partial charge in [-0.15, -0.1) is 11.3 Å². The number of hydrogen-bond donors (Lipinski definition) is 1. The Kier molecular flexibility index (Phi) is 5.34. The van der Waals surface area contributed by atoms with E-state index in [2.05, 4.69) is 5.32 Å². The molecule has 1 aliphatic heterocycles. The molecule has 142 valence electrons. The highest BCUT2D eigenvalue weighted by Crippen LogP contribution is 2.40. The molecule has 8 heteroatoms. The van der Waals surface area contributed by atoms with Crippen molar-refractivity contribution in [1.82, 2.24) is 4.90 Å². The van der Waals surface area contributed by atoms with Gasteiger partial charge in [0.1, 0.15) is 6.54 Å². The second-order valence-corrected chi connectivity index (χ2v) is 8.51. The van der Waals surface area contributed by atoms with E-state index in [0.717, 1.165) is 10.4 Å². The SMILES string of the molecule is O=C1CN(C(=O)c2ccc(Cl)cc2Cl)C(c2cccs2)c2cc(Cl)ccc2N1. The maximum absolute atomic E-state index is 13.4. The fourth-order valence-corrected chi connectivity index (χ4v) is 4.76. The van der Waals surface area contributed by atoms with Gasteiger partial charge in [-0.05, 0) is 47.8 Å². The van der Waals surface area contributed by atoms with E-state index in [1.165, 1.54) is 22.3 Å². The van der Waals surface area contributed by atoms with Gasteiger partial charge in [0.05, 0.1) is 16.6 Å². The third-order valence-electron chi connectivity index (χ3n) is 4.44. The zero-order valence-electron chi connectivity index (χ0n) is 14.3. The summed E-state index contributed by atoms with van der Waals surface area (Å²) in [5, 5.41) is 5.98. The lowest BCUT2D eigenvalue weighted by atomic mass is 10.0. The number of carbonyl (C=O) groups excluding carboxylic acids is 2. The Labute approximate surface area is 180 Å². The Morgan fingerprint density at radius 3 is 2.54 bits per heavy atom. The average molecular weight is 452 g/mol. The summed E-state index contributed by atoms with van der Waals surface area (Å²) in [5.74, 6) is -0.649. The number of anilines is 1. The highest BCUT2D eigenvalue weighted by Gasteiger charge is 2.35. The third-order valence-corrected chi connectivity index (χ3v) is 6.15. The molecule has 1 N–H and O–H groups in total. The van der Waals surface area contributed by atoms with Gasteiger partial charge < -0.3 is 10.2 Å². The molecule has 0 bridgehead atoms. The number of thiophene rings is 1. The van der Waals surface area contributed by atoms with Crippen LogP contribution < -0.4 is 5.32 Å². The normalized spacial score (nSPS) is 16.3.